The summed E-state index contributed by atoms with van der Waals surface area (Å²) in [5, 5.41) is 8.48. The quantitative estimate of drug-likeness (QED) is 0.263. The van der Waals surface area contributed by atoms with Gasteiger partial charge in [0.1, 0.15) is 19.8 Å². The van der Waals surface area contributed by atoms with Crippen molar-refractivity contribution in [2.24, 2.45) is 10.8 Å². The van der Waals surface area contributed by atoms with Gasteiger partial charge in [0, 0.05) is 7.11 Å². The van der Waals surface area contributed by atoms with Crippen molar-refractivity contribution in [1.29, 1.82) is 0 Å². The Labute approximate surface area is 165 Å². The Bertz CT molecular complexity index is 538. The minimum absolute atomic E-state index is 0.122. The summed E-state index contributed by atoms with van der Waals surface area (Å²) >= 11 is 0. The van der Waals surface area contributed by atoms with E-state index in [1.807, 2.05) is 0 Å². The van der Waals surface area contributed by atoms with Crippen molar-refractivity contribution in [2.45, 2.75) is 53.4 Å². The Hall–Kier alpha value is -2.16. The summed E-state index contributed by atoms with van der Waals surface area (Å²) in [6.07, 6.45) is 0.279. The second-order valence-corrected chi connectivity index (χ2v) is 7.65. The zero-order valence-corrected chi connectivity index (χ0v) is 17.4. The van der Waals surface area contributed by atoms with Crippen LogP contribution in [0.4, 0.5) is 0 Å². The summed E-state index contributed by atoms with van der Waals surface area (Å²) in [4.78, 5) is 46.0. The van der Waals surface area contributed by atoms with Gasteiger partial charge in [0.15, 0.2) is 0 Å². The van der Waals surface area contributed by atoms with Crippen molar-refractivity contribution < 1.29 is 43.2 Å². The van der Waals surface area contributed by atoms with Crippen LogP contribution < -0.4 is 0 Å². The van der Waals surface area contributed by atoms with E-state index in [-0.39, 0.29) is 38.6 Å². The Morgan fingerprint density at radius 2 is 1.14 bits per heavy atom. The molecule has 0 spiro atoms. The second kappa shape index (κ2) is 12.3. The first-order valence-electron chi connectivity index (χ1n) is 9.13. The minimum Gasteiger partial charge on any atom is -0.481 e. The molecule has 0 amide bonds. The summed E-state index contributed by atoms with van der Waals surface area (Å²) < 4.78 is 19.9. The van der Waals surface area contributed by atoms with Crippen molar-refractivity contribution in [3.8, 4) is 0 Å². The molecule has 0 bridgehead atoms. The first-order chi connectivity index (χ1) is 12.9. The highest BCUT2D eigenvalue weighted by Gasteiger charge is 2.35. The predicted molar refractivity (Wildman–Crippen MR) is 98.4 cm³/mol. The number of esters is 3. The van der Waals surface area contributed by atoms with Gasteiger partial charge in [-0.05, 0) is 40.5 Å². The van der Waals surface area contributed by atoms with E-state index in [0.29, 0.717) is 19.4 Å². The smallest absolute Gasteiger partial charge is 0.311 e. The van der Waals surface area contributed by atoms with Gasteiger partial charge in [-0.15, -0.1) is 0 Å². The lowest BCUT2D eigenvalue weighted by Gasteiger charge is -2.28. The van der Waals surface area contributed by atoms with Gasteiger partial charge in [-0.3, -0.25) is 19.2 Å². The van der Waals surface area contributed by atoms with Crippen LogP contribution in [0, 0.1) is 10.8 Å². The van der Waals surface area contributed by atoms with Gasteiger partial charge in [0.25, 0.3) is 0 Å². The van der Waals surface area contributed by atoms with Crippen molar-refractivity contribution >= 4 is 23.9 Å². The number of carbonyl (C=O) groups excluding carboxylic acids is 3. The molecular weight excluding hydrogens is 372 g/mol. The monoisotopic (exact) mass is 404 g/mol. The van der Waals surface area contributed by atoms with Gasteiger partial charge >= 0.3 is 23.9 Å². The van der Waals surface area contributed by atoms with Crippen LogP contribution in [0.5, 0.6) is 0 Å². The van der Waals surface area contributed by atoms with Gasteiger partial charge in [-0.25, -0.2) is 0 Å². The molecule has 0 aliphatic rings. The molecule has 0 unspecified atom stereocenters. The van der Waals surface area contributed by atoms with Crippen LogP contribution in [0.25, 0.3) is 0 Å². The van der Waals surface area contributed by atoms with Crippen LogP contribution in [-0.4, -0.2) is 62.5 Å². The summed E-state index contributed by atoms with van der Waals surface area (Å²) in [6, 6.07) is 0. The molecule has 0 fully saturated rings. The van der Waals surface area contributed by atoms with Crippen molar-refractivity contribution in [1.82, 2.24) is 0 Å². The van der Waals surface area contributed by atoms with Crippen LogP contribution in [0.3, 0.4) is 0 Å². The lowest BCUT2D eigenvalue weighted by atomic mass is 9.79. The maximum absolute atomic E-state index is 12.2. The van der Waals surface area contributed by atoms with E-state index in [1.165, 1.54) is 7.11 Å². The molecule has 0 saturated carbocycles. The highest BCUT2D eigenvalue weighted by Crippen LogP contribution is 2.32. The van der Waals surface area contributed by atoms with E-state index in [2.05, 4.69) is 0 Å². The second-order valence-electron chi connectivity index (χ2n) is 7.65. The molecule has 0 aromatic heterocycles. The van der Waals surface area contributed by atoms with E-state index < -0.39 is 28.7 Å². The normalized spacial score (nSPS) is 11.6. The molecule has 1 N–H and O–H groups in total. The largest absolute Gasteiger partial charge is 0.481 e. The summed E-state index contributed by atoms with van der Waals surface area (Å²) in [5.74, 6) is -2.58. The maximum Gasteiger partial charge on any atom is 0.311 e. The third-order valence-corrected chi connectivity index (χ3v) is 4.12. The Morgan fingerprint density at radius 1 is 0.714 bits per heavy atom. The highest BCUT2D eigenvalue weighted by molar-refractivity contribution is 5.78. The molecule has 0 atom stereocenters. The molecule has 0 heterocycles. The zero-order valence-electron chi connectivity index (χ0n) is 17.4. The van der Waals surface area contributed by atoms with Crippen LogP contribution in [0.1, 0.15) is 53.4 Å². The van der Waals surface area contributed by atoms with Gasteiger partial charge < -0.3 is 24.1 Å². The average molecular weight is 404 g/mol. The van der Waals surface area contributed by atoms with Crippen LogP contribution in [0.15, 0.2) is 0 Å². The topological polar surface area (TPSA) is 125 Å². The fourth-order valence-corrected chi connectivity index (χ4v) is 2.01. The summed E-state index contributed by atoms with van der Waals surface area (Å²) in [6.45, 7) is 7.15. The molecule has 0 aromatic carbocycles. The molecule has 0 aliphatic carbocycles. The number of aliphatic carboxylic acids is 1. The van der Waals surface area contributed by atoms with Gasteiger partial charge in [-0.2, -0.15) is 0 Å². The van der Waals surface area contributed by atoms with E-state index >= 15 is 0 Å². The molecule has 0 aromatic rings. The third-order valence-electron chi connectivity index (χ3n) is 4.12. The fraction of sp³-hybridized carbons (Fsp3) is 0.789. The molecule has 0 aliphatic heterocycles. The van der Waals surface area contributed by atoms with Crippen LogP contribution in [-0.2, 0) is 38.1 Å². The van der Waals surface area contributed by atoms with E-state index in [1.54, 1.807) is 27.7 Å². The average Bonchev–Trinajstić information content (AvgIpc) is 2.61. The molecule has 162 valence electrons. The first-order valence-corrected chi connectivity index (χ1v) is 9.13. The molecule has 0 radical (unpaired) electrons. The fourth-order valence-electron chi connectivity index (χ4n) is 2.01. The standard InChI is InChI=1S/C19H32O9/c1-18(2,16(23)27-11-10-25-5)8-9-19(3,4)17(24)28-13-12-26-15(22)7-6-14(20)21/h6-13H2,1-5H3,(H,20,21). The van der Waals surface area contributed by atoms with E-state index in [4.69, 9.17) is 24.1 Å². The number of carboxylic acid groups (broad SMARTS) is 1. The number of carbonyl (C=O) groups is 4. The van der Waals surface area contributed by atoms with E-state index in [9.17, 15) is 19.2 Å². The molecule has 9 nitrogen and oxygen atoms in total. The Kier molecular flexibility index (Phi) is 11.4. The molecule has 0 saturated heterocycles. The summed E-state index contributed by atoms with van der Waals surface area (Å²) in [7, 11) is 1.52. The maximum atomic E-state index is 12.2. The SMILES string of the molecule is COCCOC(=O)C(C)(C)CCC(C)(C)C(=O)OCCOC(=O)CCC(=O)O. The molecule has 0 rings (SSSR count). The number of ether oxygens (including phenoxy) is 4. The highest BCUT2D eigenvalue weighted by atomic mass is 16.6. The van der Waals surface area contributed by atoms with Crippen LogP contribution in [0.2, 0.25) is 0 Å². The van der Waals surface area contributed by atoms with Gasteiger partial charge in [0.05, 0.1) is 30.3 Å². The number of methoxy groups -OCH3 is 1. The summed E-state index contributed by atoms with van der Waals surface area (Å²) in [5.41, 5.74) is -1.59. The van der Waals surface area contributed by atoms with Crippen molar-refractivity contribution in [2.75, 3.05) is 33.5 Å². The lowest BCUT2D eigenvalue weighted by molar-refractivity contribution is -0.161. The Balaban J connectivity index is 4.27. The molecular formula is C19H32O9. The number of hydrogen-bond donors (Lipinski definition) is 1. The molecule has 28 heavy (non-hydrogen) atoms. The Morgan fingerprint density at radius 3 is 1.57 bits per heavy atom. The molecule has 9 heteroatoms. The first kappa shape index (κ1) is 25.8. The van der Waals surface area contributed by atoms with Gasteiger partial charge in [-0.1, -0.05) is 0 Å². The third kappa shape index (κ3) is 10.9. The predicted octanol–water partition coefficient (Wildman–Crippen LogP) is 1.96. The van der Waals surface area contributed by atoms with Crippen molar-refractivity contribution in [3.05, 3.63) is 0 Å². The van der Waals surface area contributed by atoms with Gasteiger partial charge in [0.2, 0.25) is 0 Å². The van der Waals surface area contributed by atoms with Crippen LogP contribution >= 0.6 is 0 Å². The number of rotatable bonds is 14. The zero-order chi connectivity index (χ0) is 21.8. The number of carboxylic acids is 1. The minimum atomic E-state index is -1.09. The lowest BCUT2D eigenvalue weighted by Crippen LogP contribution is -2.33. The van der Waals surface area contributed by atoms with E-state index in [0.717, 1.165) is 0 Å². The van der Waals surface area contributed by atoms with Crippen molar-refractivity contribution in [3.63, 3.8) is 0 Å². The number of hydrogen-bond acceptors (Lipinski definition) is 8.